The van der Waals surface area contributed by atoms with Crippen LogP contribution in [-0.4, -0.2) is 38.7 Å². The summed E-state index contributed by atoms with van der Waals surface area (Å²) in [6, 6.07) is 8.46. The van der Waals surface area contributed by atoms with Crippen molar-refractivity contribution in [1.29, 1.82) is 0 Å². The van der Waals surface area contributed by atoms with Gasteiger partial charge in [-0.15, -0.1) is 0 Å². The molecule has 2 aromatic rings. The fourth-order valence-electron chi connectivity index (χ4n) is 2.37. The minimum atomic E-state index is -0.690. The van der Waals surface area contributed by atoms with E-state index in [1.165, 1.54) is 31.4 Å². The molecule has 0 spiro atoms. The van der Waals surface area contributed by atoms with E-state index in [-0.39, 0.29) is 16.9 Å². The number of carbonyl (C=O) groups is 2. The summed E-state index contributed by atoms with van der Waals surface area (Å²) in [5.41, 5.74) is 0.311. The number of methoxy groups -OCH3 is 1. The topological polar surface area (TPSA) is 71.1 Å². The van der Waals surface area contributed by atoms with E-state index in [1.807, 2.05) is 13.8 Å². The predicted octanol–water partition coefficient (Wildman–Crippen LogP) is 4.06. The van der Waals surface area contributed by atoms with E-state index in [0.717, 1.165) is 12.5 Å². The van der Waals surface area contributed by atoms with E-state index in [4.69, 9.17) is 18.9 Å². The van der Waals surface area contributed by atoms with Crippen molar-refractivity contribution in [1.82, 2.24) is 0 Å². The second kappa shape index (κ2) is 10.3. The van der Waals surface area contributed by atoms with Gasteiger partial charge in [0.25, 0.3) is 0 Å². The molecule has 2 aromatic carbocycles. The van der Waals surface area contributed by atoms with Crippen molar-refractivity contribution in [2.24, 2.45) is 0 Å². The Kier molecular flexibility index (Phi) is 7.80. The number of Topliss-reactive ketones (excluding diaryl/α,β-unsaturated/α-hetero) is 1. The lowest BCUT2D eigenvalue weighted by Crippen LogP contribution is -2.15. The first-order valence-corrected chi connectivity index (χ1v) is 8.93. The molecule has 6 nitrogen and oxygen atoms in total. The van der Waals surface area contributed by atoms with E-state index in [1.54, 1.807) is 6.07 Å². The molecule has 28 heavy (non-hydrogen) atoms. The minimum Gasteiger partial charge on any atom is -0.494 e. The number of ether oxygens (including phenoxy) is 4. The Morgan fingerprint density at radius 1 is 0.929 bits per heavy atom. The molecule has 0 aliphatic rings. The highest BCUT2D eigenvalue weighted by molar-refractivity contribution is 5.99. The first-order valence-electron chi connectivity index (χ1n) is 8.93. The first-order chi connectivity index (χ1) is 13.5. The van der Waals surface area contributed by atoms with Gasteiger partial charge in [0, 0.05) is 5.56 Å². The van der Waals surface area contributed by atoms with Gasteiger partial charge in [-0.3, -0.25) is 4.79 Å². The van der Waals surface area contributed by atoms with Crippen molar-refractivity contribution in [3.63, 3.8) is 0 Å². The van der Waals surface area contributed by atoms with E-state index < -0.39 is 24.2 Å². The van der Waals surface area contributed by atoms with Crippen molar-refractivity contribution in [2.45, 2.75) is 20.3 Å². The molecule has 0 saturated carbocycles. The van der Waals surface area contributed by atoms with E-state index in [2.05, 4.69) is 0 Å². The van der Waals surface area contributed by atoms with Crippen molar-refractivity contribution in [3.05, 3.63) is 53.3 Å². The molecule has 0 heterocycles. The summed E-state index contributed by atoms with van der Waals surface area (Å²) in [4.78, 5) is 24.4. The highest BCUT2D eigenvalue weighted by atomic mass is 19.1. The lowest BCUT2D eigenvalue weighted by Gasteiger charge is -2.12. The zero-order valence-corrected chi connectivity index (χ0v) is 16.1. The lowest BCUT2D eigenvalue weighted by atomic mass is 10.1. The van der Waals surface area contributed by atoms with Gasteiger partial charge < -0.3 is 18.9 Å². The normalized spacial score (nSPS) is 10.3. The van der Waals surface area contributed by atoms with Crippen molar-refractivity contribution < 1.29 is 32.9 Å². The quantitative estimate of drug-likeness (QED) is 0.450. The van der Waals surface area contributed by atoms with Gasteiger partial charge in [0.2, 0.25) is 0 Å². The highest BCUT2D eigenvalue weighted by Crippen LogP contribution is 2.29. The van der Waals surface area contributed by atoms with Gasteiger partial charge in [0.15, 0.2) is 35.5 Å². The molecule has 0 aliphatic heterocycles. The third kappa shape index (κ3) is 5.45. The molecule has 0 atom stereocenters. The summed E-state index contributed by atoms with van der Waals surface area (Å²) >= 11 is 0. The Labute approximate surface area is 163 Å². The summed E-state index contributed by atoms with van der Waals surface area (Å²) in [5, 5.41) is 0. The van der Waals surface area contributed by atoms with Gasteiger partial charge >= 0.3 is 5.97 Å². The molecule has 0 N–H and O–H groups in total. The van der Waals surface area contributed by atoms with Crippen LogP contribution < -0.4 is 14.2 Å². The van der Waals surface area contributed by atoms with Gasteiger partial charge in [-0.1, -0.05) is 6.92 Å². The molecule has 0 aliphatic carbocycles. The fraction of sp³-hybridized carbons (Fsp3) is 0.333. The Morgan fingerprint density at radius 3 is 2.29 bits per heavy atom. The number of carbonyl (C=O) groups excluding carboxylic acids is 2. The van der Waals surface area contributed by atoms with Gasteiger partial charge in [-0.25, -0.2) is 9.18 Å². The molecule has 150 valence electrons. The monoisotopic (exact) mass is 390 g/mol. The van der Waals surface area contributed by atoms with Gasteiger partial charge in [0.05, 0.1) is 25.9 Å². The van der Waals surface area contributed by atoms with E-state index in [0.29, 0.717) is 24.7 Å². The Hall–Kier alpha value is -3.09. The smallest absolute Gasteiger partial charge is 0.338 e. The number of halogens is 1. The second-order valence-corrected chi connectivity index (χ2v) is 5.79. The number of esters is 1. The summed E-state index contributed by atoms with van der Waals surface area (Å²) in [6.07, 6.45) is 0.837. The molecule has 0 saturated heterocycles. The maximum Gasteiger partial charge on any atom is 0.338 e. The van der Waals surface area contributed by atoms with Crippen LogP contribution in [0.4, 0.5) is 4.39 Å². The molecular formula is C21H23FO6. The molecule has 2 rings (SSSR count). The molecule has 0 radical (unpaired) electrons. The maximum absolute atomic E-state index is 13.7. The molecule has 0 fully saturated rings. The SMILES string of the molecule is CCCOc1ccc(C(=O)OCC(=O)c2ccc(OC)c(F)c2)cc1OCC. The van der Waals surface area contributed by atoms with Crippen LogP contribution >= 0.6 is 0 Å². The molecule has 0 bridgehead atoms. The molecule has 0 unspecified atom stereocenters. The van der Waals surface area contributed by atoms with Crippen LogP contribution in [0.15, 0.2) is 36.4 Å². The zero-order valence-electron chi connectivity index (χ0n) is 16.1. The summed E-state index contributed by atoms with van der Waals surface area (Å²) in [6.45, 7) is 4.22. The molecule has 0 amide bonds. The summed E-state index contributed by atoms with van der Waals surface area (Å²) in [5.74, 6) is -0.891. The highest BCUT2D eigenvalue weighted by Gasteiger charge is 2.16. The number of benzene rings is 2. The second-order valence-electron chi connectivity index (χ2n) is 5.79. The van der Waals surface area contributed by atoms with Gasteiger partial charge in [0.1, 0.15) is 0 Å². The van der Waals surface area contributed by atoms with Gasteiger partial charge in [-0.05, 0) is 49.7 Å². The van der Waals surface area contributed by atoms with Crippen LogP contribution in [0.25, 0.3) is 0 Å². The minimum absolute atomic E-state index is 0.0300. The average Bonchev–Trinajstić information content (AvgIpc) is 2.70. The first kappa shape index (κ1) is 21.2. The number of ketones is 1. The van der Waals surface area contributed by atoms with Crippen LogP contribution in [0.2, 0.25) is 0 Å². The van der Waals surface area contributed by atoms with Crippen LogP contribution in [-0.2, 0) is 4.74 Å². The number of hydrogen-bond acceptors (Lipinski definition) is 6. The molecular weight excluding hydrogens is 367 g/mol. The summed E-state index contributed by atoms with van der Waals surface area (Å²) < 4.78 is 34.7. The fourth-order valence-corrected chi connectivity index (χ4v) is 2.37. The average molecular weight is 390 g/mol. The van der Waals surface area contributed by atoms with Crippen LogP contribution in [0.3, 0.4) is 0 Å². The molecule has 0 aromatic heterocycles. The Balaban J connectivity index is 2.04. The maximum atomic E-state index is 13.7. The van der Waals surface area contributed by atoms with Crippen LogP contribution in [0.5, 0.6) is 17.2 Å². The van der Waals surface area contributed by atoms with Crippen molar-refractivity contribution >= 4 is 11.8 Å². The van der Waals surface area contributed by atoms with Crippen LogP contribution in [0, 0.1) is 5.82 Å². The van der Waals surface area contributed by atoms with E-state index >= 15 is 0 Å². The number of rotatable bonds is 10. The van der Waals surface area contributed by atoms with Crippen molar-refractivity contribution in [2.75, 3.05) is 26.9 Å². The largest absolute Gasteiger partial charge is 0.494 e. The van der Waals surface area contributed by atoms with Gasteiger partial charge in [-0.2, -0.15) is 0 Å². The Morgan fingerprint density at radius 2 is 1.64 bits per heavy atom. The zero-order chi connectivity index (χ0) is 20.5. The van der Waals surface area contributed by atoms with E-state index in [9.17, 15) is 14.0 Å². The Bertz CT molecular complexity index is 834. The van der Waals surface area contributed by atoms with Crippen molar-refractivity contribution in [3.8, 4) is 17.2 Å². The molecule has 7 heteroatoms. The van der Waals surface area contributed by atoms with Crippen LogP contribution in [0.1, 0.15) is 41.0 Å². The predicted molar refractivity (Wildman–Crippen MR) is 101 cm³/mol. The summed E-state index contributed by atoms with van der Waals surface area (Å²) in [7, 11) is 1.33. The lowest BCUT2D eigenvalue weighted by molar-refractivity contribution is 0.0474. The standard InChI is InChI=1S/C21H23FO6/c1-4-10-27-19-9-7-15(12-20(19)26-5-2)21(24)28-13-17(23)14-6-8-18(25-3)16(22)11-14/h6-9,11-12H,4-5,10,13H2,1-3H3. The third-order valence-electron chi connectivity index (χ3n) is 3.75. The number of hydrogen-bond donors (Lipinski definition) is 0. The third-order valence-corrected chi connectivity index (χ3v) is 3.75.